The fourth-order valence-corrected chi connectivity index (χ4v) is 6.28. The number of fused-ring (bicyclic) bond motifs is 1. The second kappa shape index (κ2) is 12.0. The van der Waals surface area contributed by atoms with E-state index in [0.29, 0.717) is 5.02 Å². The third-order valence-corrected chi connectivity index (χ3v) is 8.73. The van der Waals surface area contributed by atoms with Crippen molar-refractivity contribution in [2.75, 3.05) is 18.1 Å². The van der Waals surface area contributed by atoms with Crippen molar-refractivity contribution in [3.63, 3.8) is 0 Å². The van der Waals surface area contributed by atoms with E-state index in [1.54, 1.807) is 6.92 Å². The van der Waals surface area contributed by atoms with Gasteiger partial charge in [0.25, 0.3) is 0 Å². The first-order chi connectivity index (χ1) is 18.4. The van der Waals surface area contributed by atoms with Crippen molar-refractivity contribution in [3.05, 3.63) is 112 Å². The van der Waals surface area contributed by atoms with E-state index in [4.69, 9.17) is 16.6 Å². The number of aliphatic hydroxyl groups is 2. The van der Waals surface area contributed by atoms with Crippen LogP contribution in [0.15, 0.2) is 78.9 Å². The molecule has 5 heteroatoms. The maximum atomic E-state index is 11.0. The fraction of sp³-hybridized carbons (Fsp3) is 0.303. The molecule has 2 unspecified atom stereocenters. The van der Waals surface area contributed by atoms with Gasteiger partial charge >= 0.3 is 0 Å². The van der Waals surface area contributed by atoms with Gasteiger partial charge in [0.15, 0.2) is 0 Å². The van der Waals surface area contributed by atoms with E-state index < -0.39 is 5.60 Å². The molecule has 3 nitrogen and oxygen atoms in total. The SMILES string of the molecule is CC(O)(CO)c1ccccc1C(CCSCC1CC1)c1cccc(C=Cc2ccc3ccc(Cl)cc3n2)c1. The van der Waals surface area contributed by atoms with Crippen molar-refractivity contribution >= 4 is 46.4 Å². The molecule has 0 aliphatic heterocycles. The monoisotopic (exact) mass is 543 g/mol. The first-order valence-electron chi connectivity index (χ1n) is 13.3. The molecule has 38 heavy (non-hydrogen) atoms. The van der Waals surface area contributed by atoms with Crippen LogP contribution >= 0.6 is 23.4 Å². The average molecular weight is 544 g/mol. The Kier molecular flexibility index (Phi) is 8.54. The second-order valence-corrected chi connectivity index (χ2v) is 12.0. The lowest BCUT2D eigenvalue weighted by atomic mass is 9.81. The van der Waals surface area contributed by atoms with Gasteiger partial charge in [-0.15, -0.1) is 0 Å². The zero-order chi connectivity index (χ0) is 26.5. The van der Waals surface area contributed by atoms with Crippen molar-refractivity contribution in [2.24, 2.45) is 5.92 Å². The van der Waals surface area contributed by atoms with Gasteiger partial charge < -0.3 is 10.2 Å². The maximum Gasteiger partial charge on any atom is 0.110 e. The summed E-state index contributed by atoms with van der Waals surface area (Å²) in [5.74, 6) is 3.30. The Morgan fingerprint density at radius 3 is 2.66 bits per heavy atom. The quantitative estimate of drug-likeness (QED) is 0.189. The predicted molar refractivity (Wildman–Crippen MR) is 162 cm³/mol. The number of hydrogen-bond donors (Lipinski definition) is 2. The van der Waals surface area contributed by atoms with Crippen LogP contribution in [0.1, 0.15) is 60.1 Å². The summed E-state index contributed by atoms with van der Waals surface area (Å²) in [6, 6.07) is 26.4. The van der Waals surface area contributed by atoms with E-state index in [1.807, 2.05) is 60.3 Å². The molecular weight excluding hydrogens is 510 g/mol. The number of nitrogens with zero attached hydrogens (tertiary/aromatic N) is 1. The maximum absolute atomic E-state index is 11.0. The highest BCUT2D eigenvalue weighted by Gasteiger charge is 2.29. The third-order valence-electron chi connectivity index (χ3n) is 7.26. The Balaban J connectivity index is 1.43. The standard InChI is InChI=1S/C33H34ClNO2S/c1-33(37,22-36)31-8-3-2-7-30(31)29(17-18-38-21-24-9-10-24)26-6-4-5-23(19-26)11-15-28-16-13-25-12-14-27(34)20-32(25)35-28/h2-8,11-16,19-20,24,29,36-37H,9-10,17-18,21-22H2,1H3. The molecule has 1 heterocycles. The van der Waals surface area contributed by atoms with Gasteiger partial charge in [-0.1, -0.05) is 78.3 Å². The van der Waals surface area contributed by atoms with Crippen LogP contribution in [-0.2, 0) is 5.60 Å². The molecule has 0 saturated heterocycles. The smallest absolute Gasteiger partial charge is 0.110 e. The van der Waals surface area contributed by atoms with E-state index in [2.05, 4.69) is 42.5 Å². The van der Waals surface area contributed by atoms with Crippen molar-refractivity contribution in [3.8, 4) is 0 Å². The molecule has 0 spiro atoms. The average Bonchev–Trinajstić information content (AvgIpc) is 3.76. The van der Waals surface area contributed by atoms with Gasteiger partial charge in [-0.05, 0) is 90.1 Å². The number of rotatable bonds is 11. The number of benzene rings is 3. The molecule has 2 N–H and O–H groups in total. The summed E-state index contributed by atoms with van der Waals surface area (Å²) in [4.78, 5) is 4.75. The molecule has 1 aromatic heterocycles. The summed E-state index contributed by atoms with van der Waals surface area (Å²) in [5.41, 5.74) is 4.63. The van der Waals surface area contributed by atoms with Crippen LogP contribution in [0.5, 0.6) is 0 Å². The highest BCUT2D eigenvalue weighted by atomic mass is 35.5. The van der Waals surface area contributed by atoms with Crippen LogP contribution in [-0.4, -0.2) is 33.3 Å². The molecule has 1 aliphatic rings. The van der Waals surface area contributed by atoms with E-state index in [0.717, 1.165) is 51.4 Å². The summed E-state index contributed by atoms with van der Waals surface area (Å²) >= 11 is 8.20. The van der Waals surface area contributed by atoms with Gasteiger partial charge in [0.2, 0.25) is 0 Å². The van der Waals surface area contributed by atoms with E-state index in [-0.39, 0.29) is 12.5 Å². The number of pyridine rings is 1. The summed E-state index contributed by atoms with van der Waals surface area (Å²) in [5, 5.41) is 22.7. The van der Waals surface area contributed by atoms with Crippen LogP contribution in [0.4, 0.5) is 0 Å². The van der Waals surface area contributed by atoms with Crippen LogP contribution in [0, 0.1) is 5.92 Å². The van der Waals surface area contributed by atoms with Gasteiger partial charge in [0.05, 0.1) is 17.8 Å². The Labute approximate surface area is 234 Å². The lowest BCUT2D eigenvalue weighted by Gasteiger charge is -2.28. The molecule has 0 radical (unpaired) electrons. The van der Waals surface area contributed by atoms with Crippen molar-refractivity contribution in [1.29, 1.82) is 0 Å². The van der Waals surface area contributed by atoms with Crippen LogP contribution in [0.25, 0.3) is 23.1 Å². The third kappa shape index (κ3) is 6.68. The molecule has 5 rings (SSSR count). The number of thioether (sulfide) groups is 1. The molecule has 0 amide bonds. The minimum atomic E-state index is -1.29. The Bertz CT molecular complexity index is 1430. The van der Waals surface area contributed by atoms with Gasteiger partial charge in [-0.2, -0.15) is 11.8 Å². The highest BCUT2D eigenvalue weighted by molar-refractivity contribution is 7.99. The molecule has 2 atom stereocenters. The number of halogens is 1. The molecule has 196 valence electrons. The summed E-state index contributed by atoms with van der Waals surface area (Å²) in [7, 11) is 0. The molecule has 4 aromatic rings. The van der Waals surface area contributed by atoms with Crippen LogP contribution < -0.4 is 0 Å². The Hall–Kier alpha value is -2.63. The second-order valence-electron chi connectivity index (χ2n) is 10.5. The van der Waals surface area contributed by atoms with E-state index in [9.17, 15) is 10.2 Å². The molecule has 1 fully saturated rings. The Morgan fingerprint density at radius 2 is 1.84 bits per heavy atom. The van der Waals surface area contributed by atoms with Crippen molar-refractivity contribution in [1.82, 2.24) is 4.98 Å². The van der Waals surface area contributed by atoms with Gasteiger partial charge in [0, 0.05) is 16.3 Å². The molecule has 1 aliphatic carbocycles. The number of aromatic nitrogens is 1. The number of aliphatic hydroxyl groups excluding tert-OH is 1. The zero-order valence-electron chi connectivity index (χ0n) is 21.7. The lowest BCUT2D eigenvalue weighted by molar-refractivity contribution is -0.00314. The first-order valence-corrected chi connectivity index (χ1v) is 14.8. The summed E-state index contributed by atoms with van der Waals surface area (Å²) in [6.07, 6.45) is 7.83. The van der Waals surface area contributed by atoms with Crippen molar-refractivity contribution < 1.29 is 10.2 Å². The largest absolute Gasteiger partial charge is 0.393 e. The fourth-order valence-electron chi connectivity index (χ4n) is 4.87. The van der Waals surface area contributed by atoms with Crippen LogP contribution in [0.3, 0.4) is 0 Å². The first kappa shape index (κ1) is 27.0. The van der Waals surface area contributed by atoms with Gasteiger partial charge in [-0.3, -0.25) is 0 Å². The zero-order valence-corrected chi connectivity index (χ0v) is 23.3. The minimum absolute atomic E-state index is 0.116. The minimum Gasteiger partial charge on any atom is -0.393 e. The number of hydrogen-bond acceptors (Lipinski definition) is 4. The summed E-state index contributed by atoms with van der Waals surface area (Å²) in [6.45, 7) is 1.37. The Morgan fingerprint density at radius 1 is 1.03 bits per heavy atom. The molecule has 0 bridgehead atoms. The van der Waals surface area contributed by atoms with Gasteiger partial charge in [-0.25, -0.2) is 4.98 Å². The van der Waals surface area contributed by atoms with Crippen molar-refractivity contribution in [2.45, 2.75) is 37.7 Å². The highest BCUT2D eigenvalue weighted by Crippen LogP contribution is 2.38. The van der Waals surface area contributed by atoms with Crippen LogP contribution in [0.2, 0.25) is 5.02 Å². The van der Waals surface area contributed by atoms with Gasteiger partial charge in [0.1, 0.15) is 5.60 Å². The lowest BCUT2D eigenvalue weighted by Crippen LogP contribution is -2.28. The van der Waals surface area contributed by atoms with E-state index in [1.165, 1.54) is 24.2 Å². The predicted octanol–water partition coefficient (Wildman–Crippen LogP) is 7.92. The topological polar surface area (TPSA) is 53.4 Å². The normalized spacial score (nSPS) is 16.1. The molecule has 3 aromatic carbocycles. The summed E-state index contributed by atoms with van der Waals surface area (Å²) < 4.78 is 0. The molecular formula is C33H34ClNO2S. The van der Waals surface area contributed by atoms with E-state index >= 15 is 0 Å². The molecule has 1 saturated carbocycles.